The van der Waals surface area contributed by atoms with Crippen LogP contribution in [0.1, 0.15) is 26.5 Å². The van der Waals surface area contributed by atoms with Crippen LogP contribution >= 0.6 is 22.7 Å². The molecule has 0 aliphatic rings. The second kappa shape index (κ2) is 12.3. The smallest absolute Gasteiger partial charge is 0.542 e. The summed E-state index contributed by atoms with van der Waals surface area (Å²) in [5.74, 6) is -1.74. The van der Waals surface area contributed by atoms with Gasteiger partial charge in [-0.1, -0.05) is 22.7 Å². The summed E-state index contributed by atoms with van der Waals surface area (Å²) in [6.45, 7) is 2.08. The quantitative estimate of drug-likeness (QED) is 0.259. The molecule has 4 heterocycles. The van der Waals surface area contributed by atoms with Gasteiger partial charge in [-0.25, -0.2) is 4.79 Å². The van der Waals surface area contributed by atoms with Crippen LogP contribution in [0.4, 0.5) is 0 Å². The van der Waals surface area contributed by atoms with Crippen LogP contribution in [0, 0.1) is 0 Å². The van der Waals surface area contributed by atoms with Crippen LogP contribution in [-0.4, -0.2) is 48.9 Å². The van der Waals surface area contributed by atoms with Gasteiger partial charge in [-0.2, -0.15) is 0 Å². The molecule has 0 aliphatic heterocycles. The van der Waals surface area contributed by atoms with Gasteiger partial charge >= 0.3 is 35.5 Å². The Labute approximate surface area is 206 Å². The predicted molar refractivity (Wildman–Crippen MR) is 107 cm³/mol. The van der Waals surface area contributed by atoms with E-state index in [2.05, 4.69) is 30.4 Å². The summed E-state index contributed by atoms with van der Waals surface area (Å²) in [6, 6.07) is 7.20. The van der Waals surface area contributed by atoms with Gasteiger partial charge in [-0.3, -0.25) is 9.97 Å². The van der Waals surface area contributed by atoms with E-state index in [0.29, 0.717) is 16.6 Å². The fourth-order valence-electron chi connectivity index (χ4n) is 2.02. The summed E-state index contributed by atoms with van der Waals surface area (Å²) < 4.78 is 4.83. The number of ether oxygens (including phenoxy) is 1. The summed E-state index contributed by atoms with van der Waals surface area (Å²) in [7, 11) is 0. The number of aromatic nitrogens is 6. The van der Waals surface area contributed by atoms with Gasteiger partial charge in [0.2, 0.25) is 5.01 Å². The minimum atomic E-state index is -1.31. The van der Waals surface area contributed by atoms with E-state index < -0.39 is 11.9 Å². The van der Waals surface area contributed by atoms with E-state index in [0.717, 1.165) is 22.5 Å². The molecule has 4 aromatic heterocycles. The van der Waals surface area contributed by atoms with Crippen LogP contribution in [0.3, 0.4) is 0 Å². The Kier molecular flexibility index (Phi) is 9.75. The van der Waals surface area contributed by atoms with Crippen molar-refractivity contribution in [2.24, 2.45) is 0 Å². The van der Waals surface area contributed by atoms with Crippen molar-refractivity contribution >= 4 is 34.6 Å². The number of esters is 1. The van der Waals surface area contributed by atoms with Gasteiger partial charge in [0.1, 0.15) is 16.0 Å². The third kappa shape index (κ3) is 6.94. The molecule has 0 radical (unpaired) electrons. The largest absolute Gasteiger partial charge is 1.00 e. The van der Waals surface area contributed by atoms with Gasteiger partial charge in [0.15, 0.2) is 5.01 Å². The Morgan fingerprint density at radius 2 is 1.42 bits per heavy atom. The van der Waals surface area contributed by atoms with E-state index in [1.54, 1.807) is 49.9 Å². The molecule has 4 aromatic rings. The molecule has 152 valence electrons. The summed E-state index contributed by atoms with van der Waals surface area (Å²) in [5, 5.41) is 26.6. The molecule has 0 unspecified atom stereocenters. The van der Waals surface area contributed by atoms with E-state index in [9.17, 15) is 14.7 Å². The molecular formula is C18H13N6NaO4S2. The number of hydrogen-bond donors (Lipinski definition) is 0. The van der Waals surface area contributed by atoms with Gasteiger partial charge in [0.25, 0.3) is 0 Å². The Morgan fingerprint density at radius 1 is 0.903 bits per heavy atom. The third-order valence-corrected chi connectivity index (χ3v) is 5.20. The third-order valence-electron chi connectivity index (χ3n) is 3.29. The molecule has 13 heteroatoms. The van der Waals surface area contributed by atoms with Gasteiger partial charge in [-0.05, 0) is 31.2 Å². The predicted octanol–water partition coefficient (Wildman–Crippen LogP) is -1.26. The number of carboxylic acids is 1. The minimum Gasteiger partial charge on any atom is -0.542 e. The zero-order valence-electron chi connectivity index (χ0n) is 16.5. The first-order chi connectivity index (χ1) is 14.6. The van der Waals surface area contributed by atoms with Crippen molar-refractivity contribution in [1.29, 1.82) is 0 Å². The number of nitrogens with zero attached hydrogens (tertiary/aromatic N) is 6. The molecule has 31 heavy (non-hydrogen) atoms. The summed E-state index contributed by atoms with van der Waals surface area (Å²) in [6.07, 6.45) is 6.58. The molecule has 0 fully saturated rings. The molecule has 0 bridgehead atoms. The average Bonchev–Trinajstić information content (AvgIpc) is 3.46. The van der Waals surface area contributed by atoms with Crippen molar-refractivity contribution in [2.75, 3.05) is 6.61 Å². The molecule has 10 nitrogen and oxygen atoms in total. The Morgan fingerprint density at radius 3 is 1.84 bits per heavy atom. The molecule has 0 N–H and O–H groups in total. The Balaban J connectivity index is 0.000000215. The number of pyridine rings is 2. The topological polar surface area (TPSA) is 144 Å². The van der Waals surface area contributed by atoms with Crippen LogP contribution < -0.4 is 34.7 Å². The molecule has 4 rings (SSSR count). The van der Waals surface area contributed by atoms with Crippen molar-refractivity contribution in [2.45, 2.75) is 6.92 Å². The van der Waals surface area contributed by atoms with E-state index >= 15 is 0 Å². The second-order valence-electron chi connectivity index (χ2n) is 5.32. The van der Waals surface area contributed by atoms with E-state index in [1.807, 2.05) is 6.07 Å². The van der Waals surface area contributed by atoms with E-state index in [4.69, 9.17) is 4.74 Å². The minimum absolute atomic E-state index is 0. The monoisotopic (exact) mass is 464 g/mol. The maximum absolute atomic E-state index is 11.4. The SMILES string of the molecule is CCOC(=O)c1nnc(-c2cccnc2)s1.O=C([O-])c1nnc(-c2cccnc2)s1.[Na+]. The average molecular weight is 464 g/mol. The van der Waals surface area contributed by atoms with Gasteiger partial charge in [-0.15, -0.1) is 20.4 Å². The molecule has 0 aromatic carbocycles. The molecule has 0 spiro atoms. The number of carboxylic acid groups (broad SMARTS) is 1. The molecule has 0 aliphatic carbocycles. The standard InChI is InChI=1S/C10H9N3O2S.C8H5N3O2S.Na/c1-2-15-10(14)9-13-12-8(16-9)7-4-3-5-11-6-7;12-8(13)7-11-10-6(14-7)5-2-1-3-9-4-5;/h3-6H,2H2,1H3;1-4H,(H,12,13);/q;;+1/p-1. The van der Waals surface area contributed by atoms with Crippen molar-refractivity contribution in [3.8, 4) is 21.1 Å². The van der Waals surface area contributed by atoms with Gasteiger partial charge < -0.3 is 14.6 Å². The first kappa shape index (κ1) is 24.6. The van der Waals surface area contributed by atoms with Crippen molar-refractivity contribution in [1.82, 2.24) is 30.4 Å². The first-order valence-corrected chi connectivity index (χ1v) is 10.1. The van der Waals surface area contributed by atoms with E-state index in [-0.39, 0.29) is 39.6 Å². The number of aromatic carboxylic acids is 1. The number of carbonyl (C=O) groups is 2. The Bertz CT molecular complexity index is 1120. The number of hydrogen-bond acceptors (Lipinski definition) is 12. The molecule has 0 saturated carbocycles. The molecule has 0 amide bonds. The summed E-state index contributed by atoms with van der Waals surface area (Å²) in [4.78, 5) is 29.7. The number of carbonyl (C=O) groups excluding carboxylic acids is 2. The maximum Gasteiger partial charge on any atom is 1.00 e. The second-order valence-corrected chi connectivity index (χ2v) is 7.27. The Hall–Kier alpha value is -2.64. The zero-order valence-corrected chi connectivity index (χ0v) is 20.1. The van der Waals surface area contributed by atoms with Crippen LogP contribution in [0.2, 0.25) is 0 Å². The first-order valence-electron chi connectivity index (χ1n) is 8.44. The molecule has 0 atom stereocenters. The van der Waals surface area contributed by atoms with E-state index in [1.165, 1.54) is 11.3 Å². The van der Waals surface area contributed by atoms with Crippen molar-refractivity contribution in [3.63, 3.8) is 0 Å². The van der Waals surface area contributed by atoms with Crippen LogP contribution in [0.25, 0.3) is 21.1 Å². The molecule has 0 saturated heterocycles. The fourth-order valence-corrected chi connectivity index (χ4v) is 3.41. The summed E-state index contributed by atoms with van der Waals surface area (Å²) >= 11 is 2.17. The normalized spacial score (nSPS) is 9.71. The maximum atomic E-state index is 11.4. The van der Waals surface area contributed by atoms with Gasteiger partial charge in [0.05, 0.1) is 6.61 Å². The zero-order chi connectivity index (χ0) is 21.3. The summed E-state index contributed by atoms with van der Waals surface area (Å²) in [5.41, 5.74) is 1.59. The van der Waals surface area contributed by atoms with Crippen LogP contribution in [-0.2, 0) is 4.74 Å². The number of rotatable bonds is 5. The van der Waals surface area contributed by atoms with Crippen LogP contribution in [0.5, 0.6) is 0 Å². The van der Waals surface area contributed by atoms with Gasteiger partial charge in [0, 0.05) is 35.9 Å². The van der Waals surface area contributed by atoms with Crippen molar-refractivity contribution < 1.29 is 49.0 Å². The van der Waals surface area contributed by atoms with Crippen molar-refractivity contribution in [3.05, 3.63) is 59.1 Å². The molecular weight excluding hydrogens is 451 g/mol. The fraction of sp³-hybridized carbons (Fsp3) is 0.111. The van der Waals surface area contributed by atoms with Crippen LogP contribution in [0.15, 0.2) is 49.1 Å².